The standard InChI is InChI=1S/C16H21ClFNO4/c1-9(2)7-13(16(21)22-4)19-15(20)10(3)23-14-6-5-11(18)8-12(14)17/h5-6,8-10,13H,7H2,1-4H3,(H,19,20). The van der Waals surface area contributed by atoms with E-state index in [1.165, 1.54) is 26.2 Å². The summed E-state index contributed by atoms with van der Waals surface area (Å²) in [5, 5.41) is 2.66. The molecule has 0 spiro atoms. The number of carbonyl (C=O) groups is 2. The van der Waals surface area contributed by atoms with Crippen molar-refractivity contribution >= 4 is 23.5 Å². The van der Waals surface area contributed by atoms with Crippen molar-refractivity contribution in [1.29, 1.82) is 0 Å². The molecule has 0 saturated carbocycles. The largest absolute Gasteiger partial charge is 0.479 e. The van der Waals surface area contributed by atoms with Crippen molar-refractivity contribution < 1.29 is 23.5 Å². The molecule has 2 unspecified atom stereocenters. The third kappa shape index (κ3) is 6.06. The van der Waals surface area contributed by atoms with Gasteiger partial charge in [0.05, 0.1) is 12.1 Å². The van der Waals surface area contributed by atoms with Crippen LogP contribution in [0.2, 0.25) is 5.02 Å². The van der Waals surface area contributed by atoms with Crippen LogP contribution in [0.4, 0.5) is 4.39 Å². The summed E-state index contributed by atoms with van der Waals surface area (Å²) in [7, 11) is 1.26. The number of methoxy groups -OCH3 is 1. The lowest BCUT2D eigenvalue weighted by atomic mass is 10.0. The molecule has 0 aliphatic heterocycles. The molecule has 0 radical (unpaired) electrons. The van der Waals surface area contributed by atoms with E-state index in [1.54, 1.807) is 0 Å². The van der Waals surface area contributed by atoms with Gasteiger partial charge < -0.3 is 14.8 Å². The summed E-state index contributed by atoms with van der Waals surface area (Å²) in [5.74, 6) is -1.11. The van der Waals surface area contributed by atoms with Gasteiger partial charge in [0.2, 0.25) is 0 Å². The van der Waals surface area contributed by atoms with Crippen LogP contribution in [0.5, 0.6) is 5.75 Å². The highest BCUT2D eigenvalue weighted by atomic mass is 35.5. The smallest absolute Gasteiger partial charge is 0.328 e. The predicted octanol–water partition coefficient (Wildman–Crippen LogP) is 2.95. The molecule has 23 heavy (non-hydrogen) atoms. The zero-order valence-electron chi connectivity index (χ0n) is 13.6. The van der Waals surface area contributed by atoms with Crippen LogP contribution in [0.25, 0.3) is 0 Å². The third-order valence-electron chi connectivity index (χ3n) is 3.08. The van der Waals surface area contributed by atoms with E-state index >= 15 is 0 Å². The van der Waals surface area contributed by atoms with Crippen molar-refractivity contribution in [2.45, 2.75) is 39.3 Å². The molecular formula is C16H21ClFNO4. The molecule has 1 rings (SSSR count). The minimum absolute atomic E-state index is 0.0661. The van der Waals surface area contributed by atoms with Crippen molar-refractivity contribution in [2.75, 3.05) is 7.11 Å². The Morgan fingerprint density at radius 3 is 2.48 bits per heavy atom. The Bertz CT molecular complexity index is 565. The Morgan fingerprint density at radius 1 is 1.30 bits per heavy atom. The quantitative estimate of drug-likeness (QED) is 0.772. The van der Waals surface area contributed by atoms with Crippen LogP contribution in [-0.2, 0) is 14.3 Å². The van der Waals surface area contributed by atoms with Crippen LogP contribution in [0.3, 0.4) is 0 Å². The second kappa shape index (κ2) is 8.72. The Hall–Kier alpha value is -1.82. The van der Waals surface area contributed by atoms with Crippen molar-refractivity contribution in [2.24, 2.45) is 5.92 Å². The van der Waals surface area contributed by atoms with E-state index in [-0.39, 0.29) is 16.7 Å². The van der Waals surface area contributed by atoms with E-state index < -0.39 is 29.8 Å². The summed E-state index contributed by atoms with van der Waals surface area (Å²) in [6.07, 6.45) is -0.458. The fourth-order valence-electron chi connectivity index (χ4n) is 1.93. The summed E-state index contributed by atoms with van der Waals surface area (Å²) in [6, 6.07) is 2.87. The number of amides is 1. The van der Waals surface area contributed by atoms with Crippen molar-refractivity contribution in [3.05, 3.63) is 29.0 Å². The van der Waals surface area contributed by atoms with Gasteiger partial charge in [0.15, 0.2) is 6.10 Å². The van der Waals surface area contributed by atoms with E-state index in [0.717, 1.165) is 6.07 Å². The van der Waals surface area contributed by atoms with Crippen LogP contribution in [0, 0.1) is 11.7 Å². The van der Waals surface area contributed by atoms with Crippen LogP contribution in [-0.4, -0.2) is 31.1 Å². The lowest BCUT2D eigenvalue weighted by molar-refractivity contribution is -0.146. The zero-order valence-corrected chi connectivity index (χ0v) is 14.3. The number of halogens is 2. The normalized spacial score (nSPS) is 13.3. The maximum absolute atomic E-state index is 13.0. The number of ether oxygens (including phenoxy) is 2. The molecule has 0 bridgehead atoms. The molecule has 1 N–H and O–H groups in total. The first kappa shape index (κ1) is 19.2. The average Bonchev–Trinajstić information content (AvgIpc) is 2.47. The van der Waals surface area contributed by atoms with Gasteiger partial charge in [-0.05, 0) is 37.5 Å². The first-order valence-electron chi connectivity index (χ1n) is 7.24. The van der Waals surface area contributed by atoms with E-state index in [0.29, 0.717) is 6.42 Å². The molecule has 0 saturated heterocycles. The van der Waals surface area contributed by atoms with Crippen molar-refractivity contribution in [3.8, 4) is 5.75 Å². The summed E-state index contributed by atoms with van der Waals surface area (Å²) >= 11 is 5.85. The number of nitrogens with one attached hydrogen (secondary N) is 1. The SMILES string of the molecule is COC(=O)C(CC(C)C)NC(=O)C(C)Oc1ccc(F)cc1Cl. The van der Waals surface area contributed by atoms with Crippen molar-refractivity contribution in [1.82, 2.24) is 5.32 Å². The fourth-order valence-corrected chi connectivity index (χ4v) is 2.14. The van der Waals surface area contributed by atoms with Gasteiger partial charge in [0.25, 0.3) is 5.91 Å². The van der Waals surface area contributed by atoms with Gasteiger partial charge in [-0.3, -0.25) is 4.79 Å². The first-order chi connectivity index (χ1) is 10.7. The van der Waals surface area contributed by atoms with Gasteiger partial charge >= 0.3 is 5.97 Å². The molecule has 0 aromatic heterocycles. The van der Waals surface area contributed by atoms with E-state index in [2.05, 4.69) is 10.1 Å². The minimum atomic E-state index is -0.905. The monoisotopic (exact) mass is 345 g/mol. The summed E-state index contributed by atoms with van der Waals surface area (Å²) < 4.78 is 23.1. The van der Waals surface area contributed by atoms with Crippen molar-refractivity contribution in [3.63, 3.8) is 0 Å². The minimum Gasteiger partial charge on any atom is -0.479 e. The third-order valence-corrected chi connectivity index (χ3v) is 3.37. The molecule has 5 nitrogen and oxygen atoms in total. The average molecular weight is 346 g/mol. The summed E-state index contributed by atoms with van der Waals surface area (Å²) in [6.45, 7) is 5.37. The number of carbonyl (C=O) groups excluding carboxylic acids is 2. The highest BCUT2D eigenvalue weighted by Gasteiger charge is 2.26. The molecule has 0 aliphatic carbocycles. The number of rotatable bonds is 7. The lowest BCUT2D eigenvalue weighted by Crippen LogP contribution is -2.47. The fraction of sp³-hybridized carbons (Fsp3) is 0.500. The van der Waals surface area contributed by atoms with Crippen LogP contribution < -0.4 is 10.1 Å². The number of hydrogen-bond donors (Lipinski definition) is 1. The van der Waals surface area contributed by atoms with Crippen LogP contribution >= 0.6 is 11.6 Å². The molecule has 2 atom stereocenters. The van der Waals surface area contributed by atoms with Gasteiger partial charge in [0, 0.05) is 0 Å². The Balaban J connectivity index is 2.72. The molecule has 7 heteroatoms. The van der Waals surface area contributed by atoms with Gasteiger partial charge in [-0.1, -0.05) is 25.4 Å². The molecule has 1 amide bonds. The Kier molecular flexibility index (Phi) is 7.29. The van der Waals surface area contributed by atoms with Gasteiger partial charge in [-0.2, -0.15) is 0 Å². The predicted molar refractivity (Wildman–Crippen MR) is 84.9 cm³/mol. The zero-order chi connectivity index (χ0) is 17.6. The Morgan fingerprint density at radius 2 is 1.96 bits per heavy atom. The maximum atomic E-state index is 13.0. The van der Waals surface area contributed by atoms with Gasteiger partial charge in [-0.15, -0.1) is 0 Å². The highest BCUT2D eigenvalue weighted by molar-refractivity contribution is 6.32. The number of benzene rings is 1. The van der Waals surface area contributed by atoms with E-state index in [1.807, 2.05) is 13.8 Å². The van der Waals surface area contributed by atoms with Crippen LogP contribution in [0.1, 0.15) is 27.2 Å². The molecule has 128 valence electrons. The molecular weight excluding hydrogens is 325 g/mol. The molecule has 1 aromatic carbocycles. The van der Waals surface area contributed by atoms with E-state index in [9.17, 15) is 14.0 Å². The summed E-state index contributed by atoms with van der Waals surface area (Å²) in [5.41, 5.74) is 0. The molecule has 1 aromatic rings. The van der Waals surface area contributed by atoms with Gasteiger partial charge in [-0.25, -0.2) is 9.18 Å². The lowest BCUT2D eigenvalue weighted by Gasteiger charge is -2.21. The second-order valence-electron chi connectivity index (χ2n) is 5.55. The van der Waals surface area contributed by atoms with Crippen LogP contribution in [0.15, 0.2) is 18.2 Å². The van der Waals surface area contributed by atoms with Gasteiger partial charge in [0.1, 0.15) is 17.6 Å². The topological polar surface area (TPSA) is 64.6 Å². The first-order valence-corrected chi connectivity index (χ1v) is 7.62. The summed E-state index contributed by atoms with van der Waals surface area (Å²) in [4.78, 5) is 23.9. The second-order valence-corrected chi connectivity index (χ2v) is 5.96. The molecule has 0 fully saturated rings. The Labute approximate surface area is 140 Å². The number of hydrogen-bond acceptors (Lipinski definition) is 4. The molecule has 0 aliphatic rings. The molecule has 0 heterocycles. The van der Waals surface area contributed by atoms with E-state index in [4.69, 9.17) is 16.3 Å². The number of esters is 1. The highest BCUT2D eigenvalue weighted by Crippen LogP contribution is 2.25. The maximum Gasteiger partial charge on any atom is 0.328 e.